The molecule has 174 valence electrons. The summed E-state index contributed by atoms with van der Waals surface area (Å²) in [6.45, 7) is 1.08. The third kappa shape index (κ3) is 4.09. The Bertz CT molecular complexity index is 1200. The molecule has 0 fully saturated rings. The summed E-state index contributed by atoms with van der Waals surface area (Å²) >= 11 is 0. The summed E-state index contributed by atoms with van der Waals surface area (Å²) in [6.07, 6.45) is 4.66. The number of nitrogens with one attached hydrogen (secondary N) is 1. The zero-order valence-corrected chi connectivity index (χ0v) is 18.9. The first-order valence-electron chi connectivity index (χ1n) is 11.8. The van der Waals surface area contributed by atoms with Crippen molar-refractivity contribution >= 4 is 23.4 Å². The van der Waals surface area contributed by atoms with Crippen LogP contribution in [0.3, 0.4) is 0 Å². The predicted molar refractivity (Wildman–Crippen MR) is 127 cm³/mol. The van der Waals surface area contributed by atoms with Gasteiger partial charge in [-0.1, -0.05) is 36.8 Å². The average molecular weight is 458 g/mol. The first-order chi connectivity index (χ1) is 16.6. The number of amides is 3. The number of fused-ring (bicyclic) bond motifs is 5. The molecular weight excluding hydrogens is 430 g/mol. The minimum atomic E-state index is -0.420. The Morgan fingerprint density at radius 3 is 2.50 bits per heavy atom. The molecule has 2 aliphatic heterocycles. The number of carbonyl (C=O) groups excluding carboxylic acids is 3. The second kappa shape index (κ2) is 9.55. The van der Waals surface area contributed by atoms with E-state index in [9.17, 15) is 14.4 Å². The van der Waals surface area contributed by atoms with Crippen LogP contribution in [0, 0.1) is 0 Å². The molecule has 0 aliphatic carbocycles. The van der Waals surface area contributed by atoms with Crippen LogP contribution in [0.4, 0.5) is 5.69 Å². The molecule has 7 heteroatoms. The Labute approximate surface area is 198 Å². The monoisotopic (exact) mass is 457 g/mol. The van der Waals surface area contributed by atoms with E-state index in [0.29, 0.717) is 42.7 Å². The number of benzene rings is 2. The molecule has 2 aliphatic rings. The van der Waals surface area contributed by atoms with E-state index < -0.39 is 6.17 Å². The third-order valence-electron chi connectivity index (χ3n) is 6.46. The minimum Gasteiger partial charge on any atom is -0.469 e. The molecular formula is C27H27N3O4. The standard InChI is InChI=1S/C27H27N3O4/c31-24(28-16-15-19-9-8-18-34-19)14-2-1-7-17-29-25-20-10-3-4-11-21(20)27(33)30(25)23-13-6-5-12-22(23)26(29)32/h3-6,8-13,18,25H,1-2,7,14-17H2,(H,28,31)/t25-/m1/s1. The molecule has 0 bridgehead atoms. The van der Waals surface area contributed by atoms with Crippen LogP contribution in [0.2, 0.25) is 0 Å². The second-order valence-corrected chi connectivity index (χ2v) is 8.64. The highest BCUT2D eigenvalue weighted by molar-refractivity contribution is 6.16. The molecule has 34 heavy (non-hydrogen) atoms. The molecule has 1 atom stereocenters. The van der Waals surface area contributed by atoms with Crippen molar-refractivity contribution in [2.45, 2.75) is 38.3 Å². The zero-order valence-electron chi connectivity index (χ0n) is 18.9. The molecule has 1 N–H and O–H groups in total. The molecule has 7 nitrogen and oxygen atoms in total. The summed E-state index contributed by atoms with van der Waals surface area (Å²) in [7, 11) is 0. The Hall–Kier alpha value is -3.87. The number of anilines is 1. The minimum absolute atomic E-state index is 0.0241. The third-order valence-corrected chi connectivity index (χ3v) is 6.46. The summed E-state index contributed by atoms with van der Waals surface area (Å²) in [6, 6.07) is 18.5. The van der Waals surface area contributed by atoms with E-state index in [1.807, 2.05) is 54.6 Å². The van der Waals surface area contributed by atoms with Crippen molar-refractivity contribution in [3.05, 3.63) is 89.4 Å². The van der Waals surface area contributed by atoms with Crippen LogP contribution >= 0.6 is 0 Å². The summed E-state index contributed by atoms with van der Waals surface area (Å²) in [5.74, 6) is 0.749. The molecule has 1 aromatic heterocycles. The molecule has 2 aromatic carbocycles. The number of unbranched alkanes of at least 4 members (excludes halogenated alkanes) is 2. The van der Waals surface area contributed by atoms with E-state index >= 15 is 0 Å². The van der Waals surface area contributed by atoms with Crippen LogP contribution < -0.4 is 10.2 Å². The highest BCUT2D eigenvalue weighted by Gasteiger charge is 2.47. The highest BCUT2D eigenvalue weighted by Crippen LogP contribution is 2.45. The molecule has 0 spiro atoms. The fourth-order valence-electron chi connectivity index (χ4n) is 4.81. The smallest absolute Gasteiger partial charge is 0.260 e. The maximum atomic E-state index is 13.4. The lowest BCUT2D eigenvalue weighted by Crippen LogP contribution is -2.48. The molecule has 0 saturated heterocycles. The van der Waals surface area contributed by atoms with Crippen molar-refractivity contribution < 1.29 is 18.8 Å². The first kappa shape index (κ1) is 21.9. The van der Waals surface area contributed by atoms with Gasteiger partial charge in [-0.15, -0.1) is 0 Å². The van der Waals surface area contributed by atoms with Crippen molar-refractivity contribution in [2.75, 3.05) is 18.0 Å². The Kier molecular flexibility index (Phi) is 6.16. The normalized spacial score (nSPS) is 16.3. The Balaban J connectivity index is 1.19. The first-order valence-corrected chi connectivity index (χ1v) is 11.8. The molecule has 0 saturated carbocycles. The van der Waals surface area contributed by atoms with Gasteiger partial charge in [0.2, 0.25) is 5.91 Å². The highest BCUT2D eigenvalue weighted by atomic mass is 16.3. The molecule has 3 amide bonds. The molecule has 0 unspecified atom stereocenters. The largest absolute Gasteiger partial charge is 0.469 e. The van der Waals surface area contributed by atoms with Gasteiger partial charge in [-0.2, -0.15) is 0 Å². The number of hydrogen-bond donors (Lipinski definition) is 1. The van der Waals surface area contributed by atoms with Crippen molar-refractivity contribution in [3.63, 3.8) is 0 Å². The lowest BCUT2D eigenvalue weighted by atomic mass is 10.0. The van der Waals surface area contributed by atoms with Gasteiger partial charge in [0.1, 0.15) is 11.9 Å². The number of furan rings is 1. The van der Waals surface area contributed by atoms with E-state index in [1.54, 1.807) is 22.1 Å². The molecule has 5 rings (SSSR count). The maximum Gasteiger partial charge on any atom is 0.260 e. The van der Waals surface area contributed by atoms with E-state index in [2.05, 4.69) is 5.32 Å². The number of nitrogens with zero attached hydrogens (tertiary/aromatic N) is 2. The lowest BCUT2D eigenvalue weighted by molar-refractivity contribution is -0.121. The van der Waals surface area contributed by atoms with Gasteiger partial charge in [-0.3, -0.25) is 19.3 Å². The maximum absolute atomic E-state index is 13.4. The van der Waals surface area contributed by atoms with E-state index in [-0.39, 0.29) is 17.7 Å². The summed E-state index contributed by atoms with van der Waals surface area (Å²) in [5, 5.41) is 2.92. The predicted octanol–water partition coefficient (Wildman–Crippen LogP) is 4.31. The van der Waals surface area contributed by atoms with Gasteiger partial charge in [0, 0.05) is 37.1 Å². The van der Waals surface area contributed by atoms with Crippen LogP contribution in [0.5, 0.6) is 0 Å². The van der Waals surface area contributed by atoms with Gasteiger partial charge < -0.3 is 14.6 Å². The zero-order chi connectivity index (χ0) is 23.5. The van der Waals surface area contributed by atoms with Crippen LogP contribution in [0.25, 0.3) is 0 Å². The number of para-hydroxylation sites is 1. The van der Waals surface area contributed by atoms with Crippen LogP contribution in [-0.2, 0) is 11.2 Å². The molecule has 3 heterocycles. The summed E-state index contributed by atoms with van der Waals surface area (Å²) < 4.78 is 5.27. The van der Waals surface area contributed by atoms with Gasteiger partial charge >= 0.3 is 0 Å². The van der Waals surface area contributed by atoms with Crippen molar-refractivity contribution in [1.82, 2.24) is 10.2 Å². The number of carbonyl (C=O) groups is 3. The lowest BCUT2D eigenvalue weighted by Gasteiger charge is -2.41. The van der Waals surface area contributed by atoms with E-state index in [0.717, 1.165) is 30.6 Å². The second-order valence-electron chi connectivity index (χ2n) is 8.64. The average Bonchev–Trinajstić information content (AvgIpc) is 3.47. The van der Waals surface area contributed by atoms with Gasteiger partial charge in [0.25, 0.3) is 11.8 Å². The van der Waals surface area contributed by atoms with Crippen LogP contribution in [0.15, 0.2) is 71.3 Å². The van der Waals surface area contributed by atoms with Crippen LogP contribution in [-0.4, -0.2) is 35.7 Å². The summed E-state index contributed by atoms with van der Waals surface area (Å²) in [4.78, 5) is 42.2. The Morgan fingerprint density at radius 1 is 0.882 bits per heavy atom. The number of rotatable bonds is 9. The van der Waals surface area contributed by atoms with Crippen LogP contribution in [0.1, 0.15) is 63.9 Å². The van der Waals surface area contributed by atoms with E-state index in [4.69, 9.17) is 4.42 Å². The van der Waals surface area contributed by atoms with Crippen molar-refractivity contribution in [1.29, 1.82) is 0 Å². The quantitative estimate of drug-likeness (QED) is 0.485. The van der Waals surface area contributed by atoms with Gasteiger partial charge in [-0.25, -0.2) is 0 Å². The molecule has 3 aromatic rings. The van der Waals surface area contributed by atoms with Crippen molar-refractivity contribution in [2.24, 2.45) is 0 Å². The van der Waals surface area contributed by atoms with Crippen molar-refractivity contribution in [3.8, 4) is 0 Å². The van der Waals surface area contributed by atoms with E-state index in [1.165, 1.54) is 0 Å². The van der Waals surface area contributed by atoms with Gasteiger partial charge in [0.05, 0.1) is 17.5 Å². The summed E-state index contributed by atoms with van der Waals surface area (Å²) in [5.41, 5.74) is 2.73. The van der Waals surface area contributed by atoms with Gasteiger partial charge in [-0.05, 0) is 43.2 Å². The fourth-order valence-corrected chi connectivity index (χ4v) is 4.81. The SMILES string of the molecule is O=C(CCCCCN1C(=O)c2ccccc2N2C(=O)c3ccccc3[C@H]12)NCCc1ccco1. The number of hydrogen-bond acceptors (Lipinski definition) is 4. The topological polar surface area (TPSA) is 82.9 Å². The fraction of sp³-hybridized carbons (Fsp3) is 0.296. The Morgan fingerprint density at radius 2 is 1.68 bits per heavy atom. The molecule has 0 radical (unpaired) electrons. The van der Waals surface area contributed by atoms with Gasteiger partial charge in [0.15, 0.2) is 0 Å².